The summed E-state index contributed by atoms with van der Waals surface area (Å²) in [5.41, 5.74) is 3.37. The zero-order chi connectivity index (χ0) is 24.3. The van der Waals surface area contributed by atoms with Crippen LogP contribution in [0.25, 0.3) is 0 Å². The van der Waals surface area contributed by atoms with Gasteiger partial charge in [-0.05, 0) is 85.0 Å². The Balaban J connectivity index is 0.00000304. The molecule has 1 amide bonds. The summed E-state index contributed by atoms with van der Waals surface area (Å²) >= 11 is 0. The van der Waals surface area contributed by atoms with E-state index in [2.05, 4.69) is 4.98 Å². The Hall–Kier alpha value is -3.83. The van der Waals surface area contributed by atoms with Crippen LogP contribution in [0.5, 0.6) is 0 Å². The number of pyridine rings is 1. The van der Waals surface area contributed by atoms with Gasteiger partial charge in [0, 0.05) is 30.1 Å². The molecule has 0 spiro atoms. The highest BCUT2D eigenvalue weighted by Crippen LogP contribution is 2.49. The van der Waals surface area contributed by atoms with E-state index in [1.807, 2.05) is 66.7 Å². The zero-order valence-corrected chi connectivity index (χ0v) is 20.5. The molecule has 0 bridgehead atoms. The molecule has 182 valence electrons. The Kier molecular flexibility index (Phi) is 7.61. The summed E-state index contributed by atoms with van der Waals surface area (Å²) in [6, 6.07) is 27.1. The van der Waals surface area contributed by atoms with E-state index in [-0.39, 0.29) is 36.3 Å². The predicted octanol–water partition coefficient (Wildman–Crippen LogP) is 6.85. The number of nitrogens with zero attached hydrogens (tertiary/aromatic N) is 2. The van der Waals surface area contributed by atoms with Gasteiger partial charge in [0.25, 0.3) is 0 Å². The lowest BCUT2D eigenvalue weighted by Crippen LogP contribution is -2.40. The fraction of sp³-hybridized carbons (Fsp3) is 0.167. The molecular weight excluding hydrogens is 475 g/mol. The average molecular weight is 501 g/mol. The number of amides is 1. The van der Waals surface area contributed by atoms with Crippen LogP contribution in [0, 0.1) is 5.82 Å². The van der Waals surface area contributed by atoms with Gasteiger partial charge in [0.05, 0.1) is 11.1 Å². The maximum absolute atomic E-state index is 14.3. The van der Waals surface area contributed by atoms with Gasteiger partial charge in [-0.25, -0.2) is 4.39 Å². The molecule has 0 saturated heterocycles. The number of carbonyl (C=O) groups excluding carboxylic acids is 2. The van der Waals surface area contributed by atoms with Gasteiger partial charge in [0.1, 0.15) is 5.82 Å². The highest BCUT2D eigenvalue weighted by Gasteiger charge is 2.50. The van der Waals surface area contributed by atoms with Gasteiger partial charge in [-0.2, -0.15) is 0 Å². The van der Waals surface area contributed by atoms with Crippen molar-refractivity contribution in [2.45, 2.75) is 31.1 Å². The van der Waals surface area contributed by atoms with E-state index in [0.29, 0.717) is 24.8 Å². The summed E-state index contributed by atoms with van der Waals surface area (Å²) in [4.78, 5) is 33.0. The van der Waals surface area contributed by atoms with Gasteiger partial charge < -0.3 is 0 Å². The smallest absolute Gasteiger partial charge is 0.242 e. The van der Waals surface area contributed by atoms with Crippen LogP contribution in [0.1, 0.15) is 40.7 Å². The average Bonchev–Trinajstić information content (AvgIpc) is 3.13. The number of carbonyl (C=O) groups is 2. The molecule has 4 nitrogen and oxygen atoms in total. The highest BCUT2D eigenvalue weighted by molar-refractivity contribution is 6.13. The van der Waals surface area contributed by atoms with E-state index in [9.17, 15) is 14.0 Å². The van der Waals surface area contributed by atoms with Crippen molar-refractivity contribution in [1.29, 1.82) is 0 Å². The maximum atomic E-state index is 14.3. The molecule has 6 heteroatoms. The number of hydrogen-bond acceptors (Lipinski definition) is 3. The number of ketones is 1. The van der Waals surface area contributed by atoms with Crippen molar-refractivity contribution in [2.75, 3.05) is 4.90 Å². The molecular formula is C30H26ClFN2O2. The molecule has 3 aromatic carbocycles. The number of fused-ring (bicyclic) bond motifs is 1. The number of benzene rings is 3. The number of para-hydroxylation sites is 2. The normalized spacial score (nSPS) is 16.4. The number of hydrogen-bond donors (Lipinski definition) is 0. The molecule has 0 fully saturated rings. The van der Waals surface area contributed by atoms with E-state index in [0.717, 1.165) is 22.5 Å². The Morgan fingerprint density at radius 1 is 0.861 bits per heavy atom. The Bertz CT molecular complexity index is 1350. The van der Waals surface area contributed by atoms with Crippen LogP contribution in [0.2, 0.25) is 0 Å². The Morgan fingerprint density at radius 3 is 2.25 bits per heavy atom. The molecule has 5 rings (SSSR count). The van der Waals surface area contributed by atoms with Crippen LogP contribution in [0.3, 0.4) is 0 Å². The molecule has 36 heavy (non-hydrogen) atoms. The van der Waals surface area contributed by atoms with E-state index < -0.39 is 5.41 Å². The SMILES string of the molecule is Cl.O=C(CCCC1(Cc2ccncc2)C(=O)N(c2ccccc2)c2ccccc21)c1ccc(F)cc1. The number of halogens is 2. The van der Waals surface area contributed by atoms with Crippen LogP contribution < -0.4 is 4.90 Å². The first-order chi connectivity index (χ1) is 17.1. The quantitative estimate of drug-likeness (QED) is 0.248. The lowest BCUT2D eigenvalue weighted by molar-refractivity contribution is -0.122. The Morgan fingerprint density at radius 2 is 1.53 bits per heavy atom. The minimum Gasteiger partial charge on any atom is -0.294 e. The number of aromatic nitrogens is 1. The first-order valence-corrected chi connectivity index (χ1v) is 11.8. The molecule has 0 saturated carbocycles. The standard InChI is InChI=1S/C30H25FN2O2.ClH/c31-24-14-12-23(13-15-24)28(34)11-6-18-30(21-22-16-19-32-20-17-22)26-9-4-5-10-27(26)33(29(30)35)25-7-2-1-3-8-25;/h1-5,7-10,12-17,19-20H,6,11,18,21H2;1H. The molecule has 1 unspecified atom stereocenters. The first-order valence-electron chi connectivity index (χ1n) is 11.8. The predicted molar refractivity (Wildman–Crippen MR) is 141 cm³/mol. The third-order valence-electron chi connectivity index (χ3n) is 6.72. The second kappa shape index (κ2) is 10.8. The lowest BCUT2D eigenvalue weighted by Gasteiger charge is -2.29. The van der Waals surface area contributed by atoms with E-state index >= 15 is 0 Å². The van der Waals surface area contributed by atoms with Crippen molar-refractivity contribution >= 4 is 35.5 Å². The van der Waals surface area contributed by atoms with Crippen LogP contribution in [0.15, 0.2) is 103 Å². The van der Waals surface area contributed by atoms with Crippen molar-refractivity contribution < 1.29 is 14.0 Å². The first kappa shape index (κ1) is 25.3. The third-order valence-corrected chi connectivity index (χ3v) is 6.72. The number of Topliss-reactive ketones (excluding diaryl/α,β-unsaturated/α-hetero) is 1. The maximum Gasteiger partial charge on any atom is 0.242 e. The molecule has 1 atom stereocenters. The van der Waals surface area contributed by atoms with Gasteiger partial charge >= 0.3 is 0 Å². The van der Waals surface area contributed by atoms with Gasteiger partial charge in [-0.15, -0.1) is 12.4 Å². The molecule has 0 radical (unpaired) electrons. The van der Waals surface area contributed by atoms with Crippen molar-refractivity contribution in [3.8, 4) is 0 Å². The second-order valence-corrected chi connectivity index (χ2v) is 8.89. The number of anilines is 2. The summed E-state index contributed by atoms with van der Waals surface area (Å²) < 4.78 is 13.3. The lowest BCUT2D eigenvalue weighted by atomic mass is 9.72. The van der Waals surface area contributed by atoms with Gasteiger partial charge in [0.2, 0.25) is 5.91 Å². The molecule has 2 heterocycles. The minimum absolute atomic E-state index is 0. The van der Waals surface area contributed by atoms with Crippen LogP contribution in [-0.2, 0) is 16.6 Å². The summed E-state index contributed by atoms with van der Waals surface area (Å²) in [6.45, 7) is 0. The third kappa shape index (κ3) is 4.79. The van der Waals surface area contributed by atoms with Crippen molar-refractivity contribution in [2.24, 2.45) is 0 Å². The molecule has 1 aliphatic rings. The van der Waals surface area contributed by atoms with Crippen LogP contribution >= 0.6 is 12.4 Å². The molecule has 0 N–H and O–H groups in total. The van der Waals surface area contributed by atoms with E-state index in [4.69, 9.17) is 0 Å². The molecule has 4 aromatic rings. The topological polar surface area (TPSA) is 50.3 Å². The molecule has 1 aromatic heterocycles. The van der Waals surface area contributed by atoms with Gasteiger partial charge in [-0.1, -0.05) is 36.4 Å². The van der Waals surface area contributed by atoms with E-state index in [1.165, 1.54) is 24.3 Å². The summed E-state index contributed by atoms with van der Waals surface area (Å²) in [5.74, 6) is -0.411. The fourth-order valence-corrected chi connectivity index (χ4v) is 5.03. The second-order valence-electron chi connectivity index (χ2n) is 8.89. The largest absolute Gasteiger partial charge is 0.294 e. The molecule has 1 aliphatic heterocycles. The van der Waals surface area contributed by atoms with Crippen molar-refractivity contribution in [3.05, 3.63) is 126 Å². The minimum atomic E-state index is -0.809. The fourth-order valence-electron chi connectivity index (χ4n) is 5.03. The zero-order valence-electron chi connectivity index (χ0n) is 19.6. The molecule has 0 aliphatic carbocycles. The summed E-state index contributed by atoms with van der Waals surface area (Å²) in [6.07, 6.45) is 5.32. The van der Waals surface area contributed by atoms with Crippen molar-refractivity contribution in [3.63, 3.8) is 0 Å². The Labute approximate surface area is 216 Å². The van der Waals surface area contributed by atoms with E-state index in [1.54, 1.807) is 17.3 Å². The van der Waals surface area contributed by atoms with Crippen LogP contribution in [0.4, 0.5) is 15.8 Å². The van der Waals surface area contributed by atoms with Gasteiger partial charge in [0.15, 0.2) is 5.78 Å². The highest BCUT2D eigenvalue weighted by atomic mass is 35.5. The monoisotopic (exact) mass is 500 g/mol. The van der Waals surface area contributed by atoms with Crippen molar-refractivity contribution in [1.82, 2.24) is 4.98 Å². The van der Waals surface area contributed by atoms with Gasteiger partial charge in [-0.3, -0.25) is 19.5 Å². The summed E-state index contributed by atoms with van der Waals surface area (Å²) in [7, 11) is 0. The summed E-state index contributed by atoms with van der Waals surface area (Å²) in [5, 5.41) is 0. The number of rotatable bonds is 8. The van der Waals surface area contributed by atoms with Crippen LogP contribution in [-0.4, -0.2) is 16.7 Å².